The van der Waals surface area contributed by atoms with Gasteiger partial charge in [0.25, 0.3) is 5.91 Å². The number of methoxy groups -OCH3 is 1. The predicted molar refractivity (Wildman–Crippen MR) is 140 cm³/mol. The van der Waals surface area contributed by atoms with Crippen LogP contribution in [-0.2, 0) is 28.0 Å². The number of carbonyl (C=O) groups is 2. The van der Waals surface area contributed by atoms with Gasteiger partial charge in [-0.3, -0.25) is 9.59 Å². The molecule has 39 heavy (non-hydrogen) atoms. The monoisotopic (exact) mass is 552 g/mol. The Morgan fingerprint density at radius 1 is 0.949 bits per heavy atom. The summed E-state index contributed by atoms with van der Waals surface area (Å²) < 4.78 is 56.5. The summed E-state index contributed by atoms with van der Waals surface area (Å²) in [6.45, 7) is 1.37. The Morgan fingerprint density at radius 2 is 1.69 bits per heavy atom. The third-order valence-electron chi connectivity index (χ3n) is 5.58. The highest BCUT2D eigenvalue weighted by Crippen LogP contribution is 2.32. The molecule has 0 aliphatic heterocycles. The number of furan rings is 1. The zero-order valence-corrected chi connectivity index (χ0v) is 21.9. The quantitative estimate of drug-likeness (QED) is 0.276. The Kier molecular flexibility index (Phi) is 8.30. The molecular formula is C28H25FN2O7S. The highest BCUT2D eigenvalue weighted by molar-refractivity contribution is 7.87. The molecule has 1 N–H and O–H groups in total. The molecule has 2 amide bonds. The summed E-state index contributed by atoms with van der Waals surface area (Å²) in [5.41, 5.74) is 0.815. The number of hydrogen-bond acceptors (Lipinski definition) is 7. The van der Waals surface area contributed by atoms with Gasteiger partial charge in [-0.15, -0.1) is 0 Å². The molecule has 0 saturated heterocycles. The molecule has 4 rings (SSSR count). The van der Waals surface area contributed by atoms with E-state index in [1.807, 2.05) is 0 Å². The largest absolute Gasteiger partial charge is 0.493 e. The van der Waals surface area contributed by atoms with Crippen molar-refractivity contribution >= 4 is 27.6 Å². The van der Waals surface area contributed by atoms with E-state index in [2.05, 4.69) is 5.32 Å². The third-order valence-corrected chi connectivity index (χ3v) is 6.83. The van der Waals surface area contributed by atoms with Gasteiger partial charge in [-0.2, -0.15) is 8.42 Å². The fraction of sp³-hybridized carbons (Fsp3) is 0.143. The van der Waals surface area contributed by atoms with E-state index in [1.165, 1.54) is 79.8 Å². The number of ether oxygens (including phenoxy) is 1. The number of carbonyl (C=O) groups excluding carboxylic acids is 2. The number of rotatable bonds is 10. The number of nitrogens with zero attached hydrogens (tertiary/aromatic N) is 1. The number of nitrogens with one attached hydrogen (secondary N) is 1. The summed E-state index contributed by atoms with van der Waals surface area (Å²) in [5.74, 6) is -1.00. The number of benzene rings is 3. The minimum Gasteiger partial charge on any atom is -0.493 e. The average Bonchev–Trinajstić information content (AvgIpc) is 3.41. The first-order valence-corrected chi connectivity index (χ1v) is 13.1. The highest BCUT2D eigenvalue weighted by atomic mass is 32.2. The molecular weight excluding hydrogens is 527 g/mol. The van der Waals surface area contributed by atoms with E-state index in [0.717, 1.165) is 0 Å². The van der Waals surface area contributed by atoms with Crippen LogP contribution in [0.25, 0.3) is 0 Å². The van der Waals surface area contributed by atoms with E-state index in [0.29, 0.717) is 17.0 Å². The lowest BCUT2D eigenvalue weighted by Gasteiger charge is -2.23. The lowest BCUT2D eigenvalue weighted by molar-refractivity contribution is -0.114. The van der Waals surface area contributed by atoms with Gasteiger partial charge in [-0.05, 0) is 66.2 Å². The van der Waals surface area contributed by atoms with Gasteiger partial charge in [0.15, 0.2) is 11.5 Å². The molecule has 1 aromatic heterocycles. The molecule has 0 aliphatic rings. The number of anilines is 1. The zero-order chi connectivity index (χ0) is 28.0. The third kappa shape index (κ3) is 6.82. The van der Waals surface area contributed by atoms with Gasteiger partial charge in [0.2, 0.25) is 5.91 Å². The maximum atomic E-state index is 14.4. The van der Waals surface area contributed by atoms with Crippen molar-refractivity contribution in [3.05, 3.63) is 108 Å². The summed E-state index contributed by atoms with van der Waals surface area (Å²) in [4.78, 5) is 25.7. The van der Waals surface area contributed by atoms with Crippen LogP contribution in [0, 0.1) is 5.82 Å². The van der Waals surface area contributed by atoms with E-state index in [-0.39, 0.29) is 41.0 Å². The zero-order valence-electron chi connectivity index (χ0n) is 21.1. The molecule has 0 unspecified atom stereocenters. The van der Waals surface area contributed by atoms with Crippen LogP contribution >= 0.6 is 0 Å². The Hall–Kier alpha value is -4.64. The first-order chi connectivity index (χ1) is 18.7. The van der Waals surface area contributed by atoms with Crippen LogP contribution in [0.5, 0.6) is 11.5 Å². The number of hydrogen-bond donors (Lipinski definition) is 1. The topological polar surface area (TPSA) is 115 Å². The van der Waals surface area contributed by atoms with Crippen LogP contribution in [0.2, 0.25) is 0 Å². The SMILES string of the molecule is COc1ccc(CN(Cc2ccco2)C(=O)c2ccccc2F)cc1OS(=O)(=O)c1ccc(NC(C)=O)cc1. The summed E-state index contributed by atoms with van der Waals surface area (Å²) >= 11 is 0. The first-order valence-electron chi connectivity index (χ1n) is 11.7. The average molecular weight is 553 g/mol. The molecule has 11 heteroatoms. The fourth-order valence-electron chi connectivity index (χ4n) is 3.77. The van der Waals surface area contributed by atoms with Crippen molar-refractivity contribution in [2.45, 2.75) is 24.9 Å². The predicted octanol–water partition coefficient (Wildman–Crippen LogP) is 5.00. The summed E-state index contributed by atoms with van der Waals surface area (Å²) in [5, 5.41) is 2.56. The van der Waals surface area contributed by atoms with Crippen molar-refractivity contribution in [3.8, 4) is 11.5 Å². The molecule has 0 spiro atoms. The minimum atomic E-state index is -4.28. The highest BCUT2D eigenvalue weighted by Gasteiger charge is 2.23. The molecule has 0 fully saturated rings. The Morgan fingerprint density at radius 3 is 2.33 bits per heavy atom. The first kappa shape index (κ1) is 27.4. The second-order valence-corrected chi connectivity index (χ2v) is 9.99. The van der Waals surface area contributed by atoms with Gasteiger partial charge in [0, 0.05) is 19.2 Å². The van der Waals surface area contributed by atoms with Gasteiger partial charge in [-0.25, -0.2) is 4.39 Å². The summed E-state index contributed by atoms with van der Waals surface area (Å²) in [6.07, 6.45) is 1.47. The minimum absolute atomic E-state index is 0.0142. The van der Waals surface area contributed by atoms with Gasteiger partial charge in [-0.1, -0.05) is 18.2 Å². The molecule has 3 aromatic carbocycles. The van der Waals surface area contributed by atoms with E-state index in [9.17, 15) is 22.4 Å². The lowest BCUT2D eigenvalue weighted by Crippen LogP contribution is -2.30. The lowest BCUT2D eigenvalue weighted by atomic mass is 10.1. The maximum Gasteiger partial charge on any atom is 0.339 e. The van der Waals surface area contributed by atoms with E-state index in [1.54, 1.807) is 24.3 Å². The molecule has 4 aromatic rings. The van der Waals surface area contributed by atoms with E-state index < -0.39 is 21.8 Å². The van der Waals surface area contributed by atoms with Gasteiger partial charge < -0.3 is 23.6 Å². The second-order valence-electron chi connectivity index (χ2n) is 8.45. The van der Waals surface area contributed by atoms with E-state index >= 15 is 0 Å². The fourth-order valence-corrected chi connectivity index (χ4v) is 4.71. The Labute approximate surface area is 224 Å². The molecule has 0 saturated carbocycles. The summed E-state index contributed by atoms with van der Waals surface area (Å²) in [6, 6.07) is 19.1. The Balaban J connectivity index is 1.61. The maximum absolute atomic E-state index is 14.4. The molecule has 0 radical (unpaired) electrons. The van der Waals surface area contributed by atoms with Crippen molar-refractivity contribution in [2.24, 2.45) is 0 Å². The van der Waals surface area contributed by atoms with Gasteiger partial charge in [0.05, 0.1) is 25.5 Å². The van der Waals surface area contributed by atoms with Crippen LogP contribution in [0.4, 0.5) is 10.1 Å². The molecule has 0 atom stereocenters. The van der Waals surface area contributed by atoms with Gasteiger partial charge in [0.1, 0.15) is 16.5 Å². The normalized spacial score (nSPS) is 11.1. The van der Waals surface area contributed by atoms with Crippen molar-refractivity contribution < 1.29 is 35.7 Å². The molecule has 0 bridgehead atoms. The molecule has 202 valence electrons. The number of amides is 2. The van der Waals surface area contributed by atoms with Crippen molar-refractivity contribution in [1.82, 2.24) is 4.90 Å². The molecule has 1 heterocycles. The van der Waals surface area contributed by atoms with Crippen LogP contribution in [0.3, 0.4) is 0 Å². The summed E-state index contributed by atoms with van der Waals surface area (Å²) in [7, 11) is -2.92. The van der Waals surface area contributed by atoms with Crippen LogP contribution in [0.15, 0.2) is 94.4 Å². The van der Waals surface area contributed by atoms with Crippen LogP contribution in [0.1, 0.15) is 28.6 Å². The number of halogens is 1. The van der Waals surface area contributed by atoms with Crippen molar-refractivity contribution in [2.75, 3.05) is 12.4 Å². The van der Waals surface area contributed by atoms with Crippen molar-refractivity contribution in [1.29, 1.82) is 0 Å². The van der Waals surface area contributed by atoms with Crippen LogP contribution < -0.4 is 14.2 Å². The Bertz CT molecular complexity index is 1570. The van der Waals surface area contributed by atoms with Crippen molar-refractivity contribution in [3.63, 3.8) is 0 Å². The van der Waals surface area contributed by atoms with Crippen LogP contribution in [-0.4, -0.2) is 32.2 Å². The molecule has 9 nitrogen and oxygen atoms in total. The molecule has 0 aliphatic carbocycles. The van der Waals surface area contributed by atoms with E-state index in [4.69, 9.17) is 13.3 Å². The standard InChI is InChI=1S/C28H25FN2O7S/c1-19(32)30-21-10-12-23(13-11-21)39(34,35)38-27-16-20(9-14-26(27)36-2)17-31(18-22-6-5-15-37-22)28(33)24-7-3-4-8-25(24)29/h3-16H,17-18H2,1-2H3,(H,30,32). The van der Waals surface area contributed by atoms with Gasteiger partial charge >= 0.3 is 10.1 Å². The second kappa shape index (κ2) is 11.8. The smallest absolute Gasteiger partial charge is 0.339 e.